The van der Waals surface area contributed by atoms with Crippen LogP contribution in [0.1, 0.15) is 30.5 Å². The van der Waals surface area contributed by atoms with Crippen LogP contribution in [0.15, 0.2) is 18.2 Å². The Morgan fingerprint density at radius 1 is 1.29 bits per heavy atom. The van der Waals surface area contributed by atoms with Crippen molar-refractivity contribution in [3.63, 3.8) is 0 Å². The fraction of sp³-hybridized carbons (Fsp3) is 0.538. The van der Waals surface area contributed by atoms with E-state index in [4.69, 9.17) is 5.73 Å². The van der Waals surface area contributed by atoms with Gasteiger partial charge < -0.3 is 5.73 Å². The predicted octanol–water partition coefficient (Wildman–Crippen LogP) is 2.69. The SMILES string of the molecule is Cc1cc(CCN)ccc1CC(C)C. The van der Waals surface area contributed by atoms with Crippen molar-refractivity contribution in [1.82, 2.24) is 0 Å². The molecule has 0 saturated carbocycles. The summed E-state index contributed by atoms with van der Waals surface area (Å²) in [7, 11) is 0. The average molecular weight is 191 g/mol. The molecule has 0 aliphatic carbocycles. The monoisotopic (exact) mass is 191 g/mol. The van der Waals surface area contributed by atoms with Crippen molar-refractivity contribution in [3.8, 4) is 0 Å². The lowest BCUT2D eigenvalue weighted by molar-refractivity contribution is 0.644. The van der Waals surface area contributed by atoms with Gasteiger partial charge in [-0.2, -0.15) is 0 Å². The molecule has 0 spiro atoms. The molecule has 0 aromatic heterocycles. The molecular formula is C13H21N. The van der Waals surface area contributed by atoms with Gasteiger partial charge in [-0.3, -0.25) is 0 Å². The molecule has 0 fully saturated rings. The lowest BCUT2D eigenvalue weighted by Gasteiger charge is -2.10. The number of rotatable bonds is 4. The topological polar surface area (TPSA) is 26.0 Å². The van der Waals surface area contributed by atoms with Crippen molar-refractivity contribution in [2.24, 2.45) is 11.7 Å². The summed E-state index contributed by atoms with van der Waals surface area (Å²) in [6.45, 7) is 7.45. The Balaban J connectivity index is 2.79. The van der Waals surface area contributed by atoms with Gasteiger partial charge in [-0.1, -0.05) is 32.0 Å². The van der Waals surface area contributed by atoms with Crippen LogP contribution in [0.25, 0.3) is 0 Å². The third-order valence-electron chi connectivity index (χ3n) is 2.47. The highest BCUT2D eigenvalue weighted by Crippen LogP contribution is 2.15. The van der Waals surface area contributed by atoms with Crippen molar-refractivity contribution in [2.45, 2.75) is 33.6 Å². The van der Waals surface area contributed by atoms with Gasteiger partial charge in [0, 0.05) is 0 Å². The molecule has 1 aromatic rings. The van der Waals surface area contributed by atoms with Gasteiger partial charge in [0.2, 0.25) is 0 Å². The summed E-state index contributed by atoms with van der Waals surface area (Å²) in [5, 5.41) is 0. The van der Waals surface area contributed by atoms with Crippen LogP contribution in [0.5, 0.6) is 0 Å². The Hall–Kier alpha value is -0.820. The van der Waals surface area contributed by atoms with Crippen LogP contribution in [-0.2, 0) is 12.8 Å². The third-order valence-corrected chi connectivity index (χ3v) is 2.47. The summed E-state index contributed by atoms with van der Waals surface area (Å²) < 4.78 is 0. The molecular weight excluding hydrogens is 170 g/mol. The minimum absolute atomic E-state index is 0.731. The van der Waals surface area contributed by atoms with Crippen molar-refractivity contribution in [3.05, 3.63) is 34.9 Å². The van der Waals surface area contributed by atoms with Crippen LogP contribution in [0.2, 0.25) is 0 Å². The van der Waals surface area contributed by atoms with E-state index in [9.17, 15) is 0 Å². The molecule has 1 heteroatoms. The van der Waals surface area contributed by atoms with E-state index in [1.165, 1.54) is 23.1 Å². The summed E-state index contributed by atoms with van der Waals surface area (Å²) in [6, 6.07) is 6.72. The molecule has 1 aromatic carbocycles. The van der Waals surface area contributed by atoms with Crippen molar-refractivity contribution < 1.29 is 0 Å². The maximum absolute atomic E-state index is 5.53. The first-order chi connectivity index (χ1) is 6.63. The minimum atomic E-state index is 0.731. The second-order valence-electron chi connectivity index (χ2n) is 4.40. The Morgan fingerprint density at radius 2 is 2.00 bits per heavy atom. The minimum Gasteiger partial charge on any atom is -0.330 e. The molecule has 0 atom stereocenters. The van der Waals surface area contributed by atoms with Gasteiger partial charge in [0.15, 0.2) is 0 Å². The van der Waals surface area contributed by atoms with E-state index in [1.807, 2.05) is 0 Å². The molecule has 14 heavy (non-hydrogen) atoms. The van der Waals surface area contributed by atoms with E-state index in [2.05, 4.69) is 39.0 Å². The van der Waals surface area contributed by atoms with Gasteiger partial charge in [0.05, 0.1) is 0 Å². The maximum Gasteiger partial charge on any atom is -0.00367 e. The molecule has 0 saturated heterocycles. The van der Waals surface area contributed by atoms with Gasteiger partial charge in [0.25, 0.3) is 0 Å². The smallest absolute Gasteiger partial charge is 0.00367 e. The lowest BCUT2D eigenvalue weighted by Crippen LogP contribution is -2.04. The van der Waals surface area contributed by atoms with Crippen molar-refractivity contribution in [2.75, 3.05) is 6.54 Å². The zero-order valence-electron chi connectivity index (χ0n) is 9.51. The number of nitrogens with two attached hydrogens (primary N) is 1. The number of hydrogen-bond acceptors (Lipinski definition) is 1. The van der Waals surface area contributed by atoms with Gasteiger partial charge in [0.1, 0.15) is 0 Å². The van der Waals surface area contributed by atoms with E-state index >= 15 is 0 Å². The lowest BCUT2D eigenvalue weighted by atomic mass is 9.96. The standard InChI is InChI=1S/C13H21N/c1-10(2)8-13-5-4-12(6-7-14)9-11(13)3/h4-5,9-10H,6-8,14H2,1-3H3. The Labute approximate surface area is 87.3 Å². The van der Waals surface area contributed by atoms with Crippen LogP contribution >= 0.6 is 0 Å². The zero-order chi connectivity index (χ0) is 10.6. The fourth-order valence-corrected chi connectivity index (χ4v) is 1.75. The highest BCUT2D eigenvalue weighted by atomic mass is 14.5. The van der Waals surface area contributed by atoms with Crippen molar-refractivity contribution >= 4 is 0 Å². The second kappa shape index (κ2) is 5.16. The quantitative estimate of drug-likeness (QED) is 0.778. The highest BCUT2D eigenvalue weighted by molar-refractivity contribution is 5.31. The average Bonchev–Trinajstić information content (AvgIpc) is 2.10. The summed E-state index contributed by atoms with van der Waals surface area (Å²) in [5.41, 5.74) is 9.77. The summed E-state index contributed by atoms with van der Waals surface area (Å²) in [6.07, 6.45) is 2.16. The molecule has 2 N–H and O–H groups in total. The van der Waals surface area contributed by atoms with Crippen LogP contribution in [0.3, 0.4) is 0 Å². The molecule has 0 unspecified atom stereocenters. The van der Waals surface area contributed by atoms with Crippen LogP contribution < -0.4 is 5.73 Å². The van der Waals surface area contributed by atoms with Crippen molar-refractivity contribution in [1.29, 1.82) is 0 Å². The van der Waals surface area contributed by atoms with Gasteiger partial charge >= 0.3 is 0 Å². The molecule has 1 nitrogen and oxygen atoms in total. The number of benzene rings is 1. The first-order valence-corrected chi connectivity index (χ1v) is 5.42. The first-order valence-electron chi connectivity index (χ1n) is 5.42. The normalized spacial score (nSPS) is 10.9. The van der Waals surface area contributed by atoms with E-state index in [0.29, 0.717) is 0 Å². The van der Waals surface area contributed by atoms with Gasteiger partial charge in [-0.15, -0.1) is 0 Å². The number of aryl methyl sites for hydroxylation is 1. The molecule has 78 valence electrons. The van der Waals surface area contributed by atoms with Gasteiger partial charge in [-0.25, -0.2) is 0 Å². The van der Waals surface area contributed by atoms with Crippen LogP contribution in [0.4, 0.5) is 0 Å². The predicted molar refractivity (Wildman–Crippen MR) is 62.5 cm³/mol. The van der Waals surface area contributed by atoms with E-state index in [1.54, 1.807) is 0 Å². The first kappa shape index (κ1) is 11.3. The highest BCUT2D eigenvalue weighted by Gasteiger charge is 2.02. The Kier molecular flexibility index (Phi) is 4.15. The molecule has 0 aliphatic rings. The summed E-state index contributed by atoms with van der Waals surface area (Å²) in [5.74, 6) is 0.731. The van der Waals surface area contributed by atoms with Gasteiger partial charge in [-0.05, 0) is 48.9 Å². The maximum atomic E-state index is 5.53. The fourth-order valence-electron chi connectivity index (χ4n) is 1.75. The Morgan fingerprint density at radius 3 is 2.50 bits per heavy atom. The second-order valence-corrected chi connectivity index (χ2v) is 4.40. The third kappa shape index (κ3) is 3.15. The number of hydrogen-bond donors (Lipinski definition) is 1. The summed E-state index contributed by atoms with van der Waals surface area (Å²) >= 11 is 0. The molecule has 0 amide bonds. The van der Waals surface area contributed by atoms with E-state index in [-0.39, 0.29) is 0 Å². The molecule has 0 heterocycles. The molecule has 1 rings (SSSR count). The van der Waals surface area contributed by atoms with E-state index < -0.39 is 0 Å². The summed E-state index contributed by atoms with van der Waals surface area (Å²) in [4.78, 5) is 0. The van der Waals surface area contributed by atoms with E-state index in [0.717, 1.165) is 18.9 Å². The largest absolute Gasteiger partial charge is 0.330 e. The van der Waals surface area contributed by atoms with Crippen LogP contribution in [0, 0.1) is 12.8 Å². The zero-order valence-corrected chi connectivity index (χ0v) is 9.51. The molecule has 0 radical (unpaired) electrons. The van der Waals surface area contributed by atoms with Crippen LogP contribution in [-0.4, -0.2) is 6.54 Å². The molecule has 0 aliphatic heterocycles. The molecule has 0 bridgehead atoms. The Bertz CT molecular complexity index is 289.